The van der Waals surface area contributed by atoms with Crippen molar-refractivity contribution in [3.05, 3.63) is 12.7 Å². The molecule has 10 heavy (non-hydrogen) atoms. The zero-order chi connectivity index (χ0) is 7.98. The quantitative estimate of drug-likeness (QED) is 0.441. The summed E-state index contributed by atoms with van der Waals surface area (Å²) in [5.74, 6) is 0. The SMILES string of the molecule is C=CC[SiH](CC)C[SiH](C)C. The highest BCUT2D eigenvalue weighted by molar-refractivity contribution is 6.76. The summed E-state index contributed by atoms with van der Waals surface area (Å²) >= 11 is 0. The van der Waals surface area contributed by atoms with Crippen LogP contribution in [0.4, 0.5) is 0 Å². The van der Waals surface area contributed by atoms with E-state index >= 15 is 0 Å². The molecule has 0 aromatic carbocycles. The number of hydrogen-bond acceptors (Lipinski definition) is 0. The Morgan fingerprint density at radius 2 is 2.00 bits per heavy atom. The van der Waals surface area contributed by atoms with Crippen molar-refractivity contribution in [3.8, 4) is 0 Å². The van der Waals surface area contributed by atoms with E-state index in [0.29, 0.717) is 0 Å². The molecule has 0 saturated carbocycles. The van der Waals surface area contributed by atoms with Crippen LogP contribution in [0.25, 0.3) is 0 Å². The van der Waals surface area contributed by atoms with Crippen LogP contribution in [-0.2, 0) is 0 Å². The fraction of sp³-hybridized carbons (Fsp3) is 0.750. The minimum absolute atomic E-state index is 0.264. The lowest BCUT2D eigenvalue weighted by Gasteiger charge is -2.11. The Hall–Kier alpha value is 0.174. The van der Waals surface area contributed by atoms with E-state index in [9.17, 15) is 0 Å². The second kappa shape index (κ2) is 5.92. The van der Waals surface area contributed by atoms with Gasteiger partial charge < -0.3 is 0 Å². The Kier molecular flexibility index (Phi) is 6.02. The van der Waals surface area contributed by atoms with Crippen LogP contribution in [0.1, 0.15) is 6.92 Å². The summed E-state index contributed by atoms with van der Waals surface area (Å²) in [5, 5.41) is 0. The van der Waals surface area contributed by atoms with Gasteiger partial charge in [0.05, 0.1) is 0 Å². The summed E-state index contributed by atoms with van der Waals surface area (Å²) in [6.45, 7) is 11.1. The molecule has 0 N–H and O–H groups in total. The maximum Gasteiger partial charge on any atom is 0.0374 e. The molecule has 0 aliphatic rings. The summed E-state index contributed by atoms with van der Waals surface area (Å²) in [6, 6.07) is 2.83. The molecule has 1 atom stereocenters. The van der Waals surface area contributed by atoms with Gasteiger partial charge in [0.2, 0.25) is 0 Å². The van der Waals surface area contributed by atoms with Gasteiger partial charge in [0.15, 0.2) is 0 Å². The third kappa shape index (κ3) is 5.00. The van der Waals surface area contributed by atoms with Crippen LogP contribution >= 0.6 is 0 Å². The molecule has 0 heterocycles. The lowest BCUT2D eigenvalue weighted by Crippen LogP contribution is -2.17. The molecule has 0 radical (unpaired) electrons. The lowest BCUT2D eigenvalue weighted by atomic mass is 10.8. The summed E-state index contributed by atoms with van der Waals surface area (Å²) in [7, 11) is -0.591. The Labute approximate surface area is 68.6 Å². The summed E-state index contributed by atoms with van der Waals surface area (Å²) < 4.78 is 0. The van der Waals surface area contributed by atoms with Crippen molar-refractivity contribution >= 4 is 17.6 Å². The molecular weight excluding hydrogens is 152 g/mol. The van der Waals surface area contributed by atoms with Crippen LogP contribution in [0.2, 0.25) is 30.8 Å². The number of rotatable bonds is 5. The molecule has 0 amide bonds. The van der Waals surface area contributed by atoms with Crippen molar-refractivity contribution in [2.24, 2.45) is 0 Å². The van der Waals surface area contributed by atoms with Gasteiger partial charge >= 0.3 is 0 Å². The van der Waals surface area contributed by atoms with Gasteiger partial charge in [-0.1, -0.05) is 37.8 Å². The molecule has 0 fully saturated rings. The van der Waals surface area contributed by atoms with Crippen molar-refractivity contribution in [2.45, 2.75) is 37.8 Å². The molecular formula is C8H20Si2. The van der Waals surface area contributed by atoms with Crippen molar-refractivity contribution in [1.82, 2.24) is 0 Å². The third-order valence-electron chi connectivity index (χ3n) is 1.88. The van der Waals surface area contributed by atoms with Gasteiger partial charge in [-0.3, -0.25) is 0 Å². The maximum absolute atomic E-state index is 3.81. The number of hydrogen-bond donors (Lipinski definition) is 0. The van der Waals surface area contributed by atoms with Gasteiger partial charge in [0, 0.05) is 17.6 Å². The Morgan fingerprint density at radius 3 is 2.30 bits per heavy atom. The molecule has 0 rings (SSSR count). The predicted octanol–water partition coefficient (Wildman–Crippen LogP) is 2.45. The monoisotopic (exact) mass is 172 g/mol. The highest BCUT2D eigenvalue weighted by Gasteiger charge is 2.08. The summed E-state index contributed by atoms with van der Waals surface area (Å²) in [4.78, 5) is 0. The Balaban J connectivity index is 3.48. The van der Waals surface area contributed by atoms with Crippen molar-refractivity contribution < 1.29 is 0 Å². The van der Waals surface area contributed by atoms with Gasteiger partial charge in [-0.05, 0) is 6.04 Å². The highest BCUT2D eigenvalue weighted by atomic mass is 28.3. The molecule has 0 aromatic rings. The second-order valence-electron chi connectivity index (χ2n) is 3.43. The fourth-order valence-electron chi connectivity index (χ4n) is 1.33. The molecule has 0 saturated heterocycles. The van der Waals surface area contributed by atoms with Crippen molar-refractivity contribution in [2.75, 3.05) is 0 Å². The molecule has 0 aliphatic carbocycles. The van der Waals surface area contributed by atoms with Crippen LogP contribution in [0, 0.1) is 0 Å². The molecule has 0 aromatic heterocycles. The van der Waals surface area contributed by atoms with E-state index < -0.39 is 0 Å². The van der Waals surface area contributed by atoms with E-state index in [2.05, 4.69) is 32.7 Å². The molecule has 0 nitrogen and oxygen atoms in total. The zero-order valence-corrected chi connectivity index (χ0v) is 9.87. The van der Waals surface area contributed by atoms with Crippen molar-refractivity contribution in [3.63, 3.8) is 0 Å². The first-order valence-corrected chi connectivity index (χ1v) is 9.89. The van der Waals surface area contributed by atoms with Gasteiger partial charge in [-0.2, -0.15) is 0 Å². The Bertz CT molecular complexity index is 89.3. The highest BCUT2D eigenvalue weighted by Crippen LogP contribution is 2.07. The van der Waals surface area contributed by atoms with E-state index in [1.807, 2.05) is 0 Å². The van der Waals surface area contributed by atoms with Crippen molar-refractivity contribution in [1.29, 1.82) is 0 Å². The van der Waals surface area contributed by atoms with Crippen LogP contribution in [-0.4, -0.2) is 17.6 Å². The van der Waals surface area contributed by atoms with E-state index in [4.69, 9.17) is 0 Å². The van der Waals surface area contributed by atoms with E-state index in [1.54, 1.807) is 5.67 Å². The minimum Gasteiger partial charge on any atom is -0.103 e. The smallest absolute Gasteiger partial charge is 0.0374 e. The third-order valence-corrected chi connectivity index (χ3v) is 10.5. The molecule has 0 aliphatic heterocycles. The summed E-state index contributed by atoms with van der Waals surface area (Å²) in [5.41, 5.74) is 1.63. The average molecular weight is 172 g/mol. The number of allylic oxidation sites excluding steroid dienone is 1. The normalized spacial score (nSPS) is 13.6. The van der Waals surface area contributed by atoms with Crippen LogP contribution in [0.3, 0.4) is 0 Å². The van der Waals surface area contributed by atoms with Gasteiger partial charge in [0.25, 0.3) is 0 Å². The van der Waals surface area contributed by atoms with Crippen LogP contribution < -0.4 is 0 Å². The fourth-order valence-corrected chi connectivity index (χ4v) is 9.57. The topological polar surface area (TPSA) is 0 Å². The van der Waals surface area contributed by atoms with E-state index in [1.165, 1.54) is 12.1 Å². The van der Waals surface area contributed by atoms with Gasteiger partial charge in [-0.15, -0.1) is 6.58 Å². The van der Waals surface area contributed by atoms with E-state index in [-0.39, 0.29) is 17.6 Å². The predicted molar refractivity (Wildman–Crippen MR) is 56.3 cm³/mol. The summed E-state index contributed by atoms with van der Waals surface area (Å²) in [6.07, 6.45) is 2.12. The first kappa shape index (κ1) is 10.2. The van der Waals surface area contributed by atoms with Gasteiger partial charge in [0.1, 0.15) is 0 Å². The van der Waals surface area contributed by atoms with E-state index in [0.717, 1.165) is 0 Å². The average Bonchev–Trinajstić information content (AvgIpc) is 1.86. The van der Waals surface area contributed by atoms with Gasteiger partial charge in [-0.25, -0.2) is 0 Å². The molecule has 60 valence electrons. The molecule has 1 unspecified atom stereocenters. The first-order chi connectivity index (χ1) is 4.70. The second-order valence-corrected chi connectivity index (χ2v) is 11.1. The maximum atomic E-state index is 3.81. The lowest BCUT2D eigenvalue weighted by molar-refractivity contribution is 1.36. The first-order valence-electron chi connectivity index (χ1n) is 4.31. The zero-order valence-electron chi connectivity index (χ0n) is 7.56. The molecule has 0 spiro atoms. The van der Waals surface area contributed by atoms with Crippen LogP contribution in [0.15, 0.2) is 12.7 Å². The van der Waals surface area contributed by atoms with Crippen LogP contribution in [0.5, 0.6) is 0 Å². The minimum atomic E-state index is -0.327. The Morgan fingerprint density at radius 1 is 1.40 bits per heavy atom. The molecule has 2 heteroatoms. The largest absolute Gasteiger partial charge is 0.103 e. The molecule has 0 bridgehead atoms. The standard InChI is InChI=1S/C8H20Si2/c1-5-7-10(6-2)8-9(3)4/h5,9-10H,1,6-8H2,2-4H3.